The number of nitrogens with two attached hydrogens (primary N) is 1. The molecule has 1 rings (SSSR count). The summed E-state index contributed by atoms with van der Waals surface area (Å²) >= 11 is 5.62. The van der Waals surface area contributed by atoms with Gasteiger partial charge in [0.25, 0.3) is 0 Å². The summed E-state index contributed by atoms with van der Waals surface area (Å²) in [7, 11) is 3.61. The zero-order valence-electron chi connectivity index (χ0n) is 5.55. The highest BCUT2D eigenvalue weighted by atomic mass is 35.5. The molecule has 0 aliphatic heterocycles. The highest BCUT2D eigenvalue weighted by molar-refractivity contribution is 6.30. The molecule has 1 heterocycles. The van der Waals surface area contributed by atoms with Gasteiger partial charge in [-0.2, -0.15) is 7.05 Å². The molecule has 0 bridgehead atoms. The molecule has 0 saturated carbocycles. The first-order chi connectivity index (χ1) is 4.83. The molecule has 10 heavy (non-hydrogen) atoms. The second kappa shape index (κ2) is 3.54. The summed E-state index contributed by atoms with van der Waals surface area (Å²) in [4.78, 5) is 4.06. The van der Waals surface area contributed by atoms with Gasteiger partial charge in [-0.25, -0.2) is 0 Å². The van der Waals surface area contributed by atoms with E-state index >= 15 is 0 Å². The molecule has 0 atom stereocenters. The van der Waals surface area contributed by atoms with E-state index in [2.05, 4.69) is 12.0 Å². The second-order valence-corrected chi connectivity index (χ2v) is 2.40. The van der Waals surface area contributed by atoms with Crippen molar-refractivity contribution in [2.45, 2.75) is 6.54 Å². The van der Waals surface area contributed by atoms with Gasteiger partial charge in [0.15, 0.2) is 0 Å². The maximum atomic E-state index is 5.62. The van der Waals surface area contributed by atoms with Crippen molar-refractivity contribution in [2.75, 3.05) is 0 Å². The number of halogens is 1. The van der Waals surface area contributed by atoms with Crippen molar-refractivity contribution < 1.29 is 5.32 Å². The molecule has 1 aromatic rings. The van der Waals surface area contributed by atoms with Crippen LogP contribution in [0.4, 0.5) is 0 Å². The van der Waals surface area contributed by atoms with E-state index in [0.29, 0.717) is 5.02 Å². The minimum Gasteiger partial charge on any atom is -0.474 e. The van der Waals surface area contributed by atoms with Crippen LogP contribution in [0.3, 0.4) is 0 Å². The molecule has 0 aliphatic carbocycles. The molecule has 1 aromatic heterocycles. The fraction of sp³-hybridized carbons (Fsp3) is 0.143. The molecule has 0 unspecified atom stereocenters. The zero-order valence-corrected chi connectivity index (χ0v) is 6.30. The van der Waals surface area contributed by atoms with E-state index in [0.717, 1.165) is 12.2 Å². The number of rotatable bonds is 2. The van der Waals surface area contributed by atoms with Gasteiger partial charge in [0.05, 0.1) is 17.3 Å². The van der Waals surface area contributed by atoms with E-state index in [-0.39, 0.29) is 0 Å². The van der Waals surface area contributed by atoms with Gasteiger partial charge in [-0.15, -0.1) is 0 Å². The Hall–Kier alpha value is -0.600. The standard InChI is InChI=1S/C7H9ClN2/c1-9-5-7-3-2-6(8)4-10-7/h2-4H,1,5,9H2. The molecule has 0 radical (unpaired) electrons. The van der Waals surface area contributed by atoms with E-state index < -0.39 is 0 Å². The minimum atomic E-state index is 0.674. The fourth-order valence-electron chi connectivity index (χ4n) is 0.675. The van der Waals surface area contributed by atoms with Gasteiger partial charge in [-0.05, 0) is 12.1 Å². The van der Waals surface area contributed by atoms with Gasteiger partial charge in [0.1, 0.15) is 0 Å². The monoisotopic (exact) mass is 156 g/mol. The third kappa shape index (κ3) is 1.97. The van der Waals surface area contributed by atoms with Gasteiger partial charge >= 0.3 is 0 Å². The molecule has 0 amide bonds. The number of quaternary nitrogens is 1. The second-order valence-electron chi connectivity index (χ2n) is 1.96. The van der Waals surface area contributed by atoms with Crippen molar-refractivity contribution in [3.05, 3.63) is 36.1 Å². The molecule has 0 saturated heterocycles. The predicted octanol–water partition coefficient (Wildman–Crippen LogP) is 0.590. The van der Waals surface area contributed by atoms with Crippen LogP contribution in [0.5, 0.6) is 0 Å². The fourth-order valence-corrected chi connectivity index (χ4v) is 0.787. The number of hydrogen-bond donors (Lipinski definition) is 1. The van der Waals surface area contributed by atoms with Crippen molar-refractivity contribution in [1.29, 1.82) is 0 Å². The van der Waals surface area contributed by atoms with Crippen molar-refractivity contribution in [2.24, 2.45) is 0 Å². The molecular formula is C7H9ClN2. The third-order valence-corrected chi connectivity index (χ3v) is 1.37. The smallest absolute Gasteiger partial charge is 0.0946 e. The highest BCUT2D eigenvalue weighted by Gasteiger charge is 1.91. The van der Waals surface area contributed by atoms with Gasteiger partial charge in [0, 0.05) is 6.20 Å². The first kappa shape index (κ1) is 7.51. The van der Waals surface area contributed by atoms with Crippen molar-refractivity contribution in [3.63, 3.8) is 0 Å². The highest BCUT2D eigenvalue weighted by Crippen LogP contribution is 2.04. The van der Waals surface area contributed by atoms with Crippen LogP contribution >= 0.6 is 11.6 Å². The average Bonchev–Trinajstić information content (AvgIpc) is 1.95. The number of hydrogen-bond acceptors (Lipinski definition) is 1. The lowest BCUT2D eigenvalue weighted by atomic mass is 10.3. The molecular weight excluding hydrogens is 148 g/mol. The maximum Gasteiger partial charge on any atom is 0.0946 e. The summed E-state index contributed by atoms with van der Waals surface area (Å²) in [5.74, 6) is 0. The Bertz CT molecular complexity index is 195. The van der Waals surface area contributed by atoms with Crippen LogP contribution in [-0.2, 0) is 6.54 Å². The first-order valence-electron chi connectivity index (χ1n) is 3.04. The Balaban J connectivity index is 2.69. The lowest BCUT2D eigenvalue weighted by Crippen LogP contribution is -2.75. The molecule has 54 valence electrons. The van der Waals surface area contributed by atoms with Crippen LogP contribution < -0.4 is 5.32 Å². The van der Waals surface area contributed by atoms with E-state index in [1.54, 1.807) is 6.20 Å². The predicted molar refractivity (Wildman–Crippen MR) is 40.2 cm³/mol. The van der Waals surface area contributed by atoms with E-state index in [1.807, 2.05) is 17.4 Å². The Kier molecular flexibility index (Phi) is 2.66. The van der Waals surface area contributed by atoms with Crippen molar-refractivity contribution in [3.8, 4) is 0 Å². The Morgan fingerprint density at radius 2 is 2.40 bits per heavy atom. The lowest BCUT2D eigenvalue weighted by molar-refractivity contribution is -0.612. The first-order valence-corrected chi connectivity index (χ1v) is 3.42. The summed E-state index contributed by atoms with van der Waals surface area (Å²) in [6, 6.07) is 3.72. The molecule has 0 aromatic carbocycles. The van der Waals surface area contributed by atoms with Gasteiger partial charge in [-0.3, -0.25) is 4.98 Å². The molecule has 0 fully saturated rings. The van der Waals surface area contributed by atoms with Crippen LogP contribution in [0.25, 0.3) is 0 Å². The van der Waals surface area contributed by atoms with Crippen molar-refractivity contribution >= 4 is 11.6 Å². The molecule has 2 nitrogen and oxygen atoms in total. The van der Waals surface area contributed by atoms with Crippen LogP contribution in [0.1, 0.15) is 5.69 Å². The Morgan fingerprint density at radius 1 is 1.60 bits per heavy atom. The maximum absolute atomic E-state index is 5.62. The van der Waals surface area contributed by atoms with E-state index in [4.69, 9.17) is 11.6 Å². The van der Waals surface area contributed by atoms with Gasteiger partial charge < -0.3 is 5.32 Å². The van der Waals surface area contributed by atoms with Crippen LogP contribution in [0, 0.1) is 7.05 Å². The van der Waals surface area contributed by atoms with Crippen LogP contribution in [0.2, 0.25) is 5.02 Å². The van der Waals surface area contributed by atoms with E-state index in [1.165, 1.54) is 0 Å². The largest absolute Gasteiger partial charge is 0.474 e. The summed E-state index contributed by atoms with van der Waals surface area (Å²) < 4.78 is 0. The molecule has 0 aliphatic rings. The van der Waals surface area contributed by atoms with Gasteiger partial charge in [-0.1, -0.05) is 11.6 Å². The SMILES string of the molecule is [CH2-][NH2+]Cc1ccc(Cl)cn1. The van der Waals surface area contributed by atoms with Crippen LogP contribution in [0.15, 0.2) is 18.3 Å². The quantitative estimate of drug-likeness (QED) is 0.625. The average molecular weight is 157 g/mol. The molecule has 3 heteroatoms. The Morgan fingerprint density at radius 3 is 2.90 bits per heavy atom. The van der Waals surface area contributed by atoms with E-state index in [9.17, 15) is 0 Å². The number of pyridine rings is 1. The normalized spacial score (nSPS) is 9.80. The summed E-state index contributed by atoms with van der Waals surface area (Å²) in [6.45, 7) is 0.803. The summed E-state index contributed by atoms with van der Waals surface area (Å²) in [5, 5.41) is 2.49. The summed E-state index contributed by atoms with van der Waals surface area (Å²) in [6.07, 6.45) is 1.64. The molecule has 0 spiro atoms. The number of aromatic nitrogens is 1. The number of nitrogens with zero attached hydrogens (tertiary/aromatic N) is 1. The Labute approximate surface area is 65.2 Å². The third-order valence-electron chi connectivity index (χ3n) is 1.14. The molecule has 2 N–H and O–H groups in total. The van der Waals surface area contributed by atoms with Crippen LogP contribution in [-0.4, -0.2) is 4.98 Å². The van der Waals surface area contributed by atoms with Crippen molar-refractivity contribution in [1.82, 2.24) is 4.98 Å². The zero-order chi connectivity index (χ0) is 7.40. The minimum absolute atomic E-state index is 0.674. The van der Waals surface area contributed by atoms with Gasteiger partial charge in [0.2, 0.25) is 0 Å². The topological polar surface area (TPSA) is 29.5 Å². The lowest BCUT2D eigenvalue weighted by Gasteiger charge is -1.98. The summed E-state index contributed by atoms with van der Waals surface area (Å²) in [5.41, 5.74) is 0.999.